The molecule has 102 valence electrons. The molecule has 0 saturated carbocycles. The molecule has 4 nitrogen and oxygen atoms in total. The third-order valence-electron chi connectivity index (χ3n) is 2.72. The third kappa shape index (κ3) is 3.25. The van der Waals surface area contributed by atoms with Crippen LogP contribution in [0.15, 0.2) is 11.4 Å². The lowest BCUT2D eigenvalue weighted by Gasteiger charge is -2.04. The van der Waals surface area contributed by atoms with Crippen LogP contribution in [0.5, 0.6) is 0 Å². The Labute approximate surface area is 120 Å². The number of hydrogen-bond donors (Lipinski definition) is 0. The largest absolute Gasteiger partial charge is 0.465 e. The van der Waals surface area contributed by atoms with Crippen LogP contribution in [-0.2, 0) is 9.53 Å². The molecule has 0 spiro atoms. The van der Waals surface area contributed by atoms with E-state index in [1.807, 2.05) is 6.92 Å². The van der Waals surface area contributed by atoms with Crippen LogP contribution in [-0.4, -0.2) is 28.3 Å². The topological polar surface area (TPSA) is 52.1 Å². The molecule has 0 saturated heterocycles. The van der Waals surface area contributed by atoms with Crippen LogP contribution in [0.2, 0.25) is 0 Å². The van der Waals surface area contributed by atoms with Crippen molar-refractivity contribution in [3.8, 4) is 0 Å². The molecule has 0 atom stereocenters. The Bertz CT molecular complexity index is 596. The zero-order chi connectivity index (χ0) is 13.8. The minimum atomic E-state index is -0.191. The Morgan fingerprint density at radius 2 is 2.21 bits per heavy atom. The standard InChI is InChI=1S/C13H16N2O2S2/c1-4-5-17-10(16)6-18-12-11-8(2)9(3)19-13(11)15-7-14-12/h7H,4-6H2,1-3H3. The maximum atomic E-state index is 11.5. The fourth-order valence-corrected chi connectivity index (χ4v) is 3.56. The van der Waals surface area contributed by atoms with Crippen molar-refractivity contribution in [2.75, 3.05) is 12.4 Å². The van der Waals surface area contributed by atoms with Crippen LogP contribution in [0.25, 0.3) is 10.2 Å². The molecule has 2 rings (SSSR count). The van der Waals surface area contributed by atoms with Gasteiger partial charge in [0.1, 0.15) is 16.2 Å². The number of hydrogen-bond acceptors (Lipinski definition) is 6. The maximum absolute atomic E-state index is 11.5. The van der Waals surface area contributed by atoms with E-state index in [9.17, 15) is 4.79 Å². The summed E-state index contributed by atoms with van der Waals surface area (Å²) in [7, 11) is 0. The summed E-state index contributed by atoms with van der Waals surface area (Å²) in [6.45, 7) is 6.60. The number of nitrogens with zero attached hydrogens (tertiary/aromatic N) is 2. The van der Waals surface area contributed by atoms with Crippen LogP contribution >= 0.6 is 23.1 Å². The second-order valence-corrected chi connectivity index (χ2v) is 6.32. The molecular weight excluding hydrogens is 280 g/mol. The van der Waals surface area contributed by atoms with Crippen LogP contribution < -0.4 is 0 Å². The van der Waals surface area contributed by atoms with Gasteiger partial charge in [-0.3, -0.25) is 4.79 Å². The smallest absolute Gasteiger partial charge is 0.316 e. The summed E-state index contributed by atoms with van der Waals surface area (Å²) in [5, 5.41) is 1.93. The van der Waals surface area contributed by atoms with Gasteiger partial charge in [-0.2, -0.15) is 0 Å². The van der Waals surface area contributed by atoms with Crippen molar-refractivity contribution in [2.45, 2.75) is 32.2 Å². The first-order valence-electron chi connectivity index (χ1n) is 6.12. The highest BCUT2D eigenvalue weighted by Gasteiger charge is 2.13. The predicted octanol–water partition coefficient (Wildman–Crippen LogP) is 3.35. The molecule has 0 amide bonds. The Morgan fingerprint density at radius 3 is 2.95 bits per heavy atom. The van der Waals surface area contributed by atoms with Crippen LogP contribution in [0.4, 0.5) is 0 Å². The van der Waals surface area contributed by atoms with Crippen molar-refractivity contribution < 1.29 is 9.53 Å². The molecule has 0 aliphatic rings. The van der Waals surface area contributed by atoms with Crippen molar-refractivity contribution in [1.29, 1.82) is 0 Å². The zero-order valence-electron chi connectivity index (χ0n) is 11.2. The van der Waals surface area contributed by atoms with E-state index >= 15 is 0 Å². The second-order valence-electron chi connectivity index (χ2n) is 4.15. The highest BCUT2D eigenvalue weighted by Crippen LogP contribution is 2.34. The molecule has 0 aromatic carbocycles. The number of thiophene rings is 1. The van der Waals surface area contributed by atoms with E-state index < -0.39 is 0 Å². The molecule has 19 heavy (non-hydrogen) atoms. The quantitative estimate of drug-likeness (QED) is 0.481. The van der Waals surface area contributed by atoms with Crippen LogP contribution in [0, 0.1) is 13.8 Å². The summed E-state index contributed by atoms with van der Waals surface area (Å²) >= 11 is 3.08. The zero-order valence-corrected chi connectivity index (χ0v) is 12.9. The van der Waals surface area contributed by atoms with Gasteiger partial charge in [-0.25, -0.2) is 9.97 Å². The van der Waals surface area contributed by atoms with E-state index in [-0.39, 0.29) is 5.97 Å². The fourth-order valence-electron chi connectivity index (χ4n) is 1.64. The predicted molar refractivity (Wildman–Crippen MR) is 78.9 cm³/mol. The lowest BCUT2D eigenvalue weighted by atomic mass is 10.2. The fraction of sp³-hybridized carbons (Fsp3) is 0.462. The SMILES string of the molecule is CCCOC(=O)CSc1ncnc2sc(C)c(C)c12. The average Bonchev–Trinajstić information content (AvgIpc) is 2.70. The van der Waals surface area contributed by atoms with Crippen molar-refractivity contribution in [3.05, 3.63) is 16.8 Å². The van der Waals surface area contributed by atoms with Gasteiger partial charge in [0.2, 0.25) is 0 Å². The van der Waals surface area contributed by atoms with Crippen molar-refractivity contribution in [1.82, 2.24) is 9.97 Å². The number of ether oxygens (including phenoxy) is 1. The van der Waals surface area contributed by atoms with E-state index in [0.29, 0.717) is 12.4 Å². The van der Waals surface area contributed by atoms with Gasteiger partial charge in [0, 0.05) is 10.3 Å². The summed E-state index contributed by atoms with van der Waals surface area (Å²) in [4.78, 5) is 22.3. The Hall–Kier alpha value is -1.14. The molecule has 0 N–H and O–H groups in total. The van der Waals surface area contributed by atoms with E-state index in [1.54, 1.807) is 17.7 Å². The summed E-state index contributed by atoms with van der Waals surface area (Å²) in [5.74, 6) is 0.101. The number of aromatic nitrogens is 2. The summed E-state index contributed by atoms with van der Waals surface area (Å²) in [5.41, 5.74) is 1.20. The van der Waals surface area contributed by atoms with Gasteiger partial charge < -0.3 is 4.74 Å². The normalized spacial score (nSPS) is 10.9. The van der Waals surface area contributed by atoms with Crippen LogP contribution in [0.3, 0.4) is 0 Å². The van der Waals surface area contributed by atoms with Gasteiger partial charge in [0.15, 0.2) is 0 Å². The number of aryl methyl sites for hydroxylation is 2. The van der Waals surface area contributed by atoms with Gasteiger partial charge in [0.05, 0.1) is 12.4 Å². The molecular formula is C13H16N2O2S2. The Balaban J connectivity index is 2.14. The molecule has 0 radical (unpaired) electrons. The number of fused-ring (bicyclic) bond motifs is 1. The molecule has 2 aromatic heterocycles. The van der Waals surface area contributed by atoms with Gasteiger partial charge >= 0.3 is 5.97 Å². The number of carbonyl (C=O) groups is 1. The number of carbonyl (C=O) groups excluding carboxylic acids is 1. The Morgan fingerprint density at radius 1 is 1.42 bits per heavy atom. The average molecular weight is 296 g/mol. The molecule has 0 unspecified atom stereocenters. The van der Waals surface area contributed by atoms with Crippen molar-refractivity contribution >= 4 is 39.3 Å². The monoisotopic (exact) mass is 296 g/mol. The van der Waals surface area contributed by atoms with Gasteiger partial charge in [0.25, 0.3) is 0 Å². The molecule has 2 heterocycles. The second kappa shape index (κ2) is 6.34. The van der Waals surface area contributed by atoms with Crippen molar-refractivity contribution in [2.24, 2.45) is 0 Å². The highest BCUT2D eigenvalue weighted by molar-refractivity contribution is 8.00. The van der Waals surface area contributed by atoms with Crippen LogP contribution in [0.1, 0.15) is 23.8 Å². The van der Waals surface area contributed by atoms with Gasteiger partial charge in [-0.05, 0) is 25.8 Å². The van der Waals surface area contributed by atoms with Crippen molar-refractivity contribution in [3.63, 3.8) is 0 Å². The first-order chi connectivity index (χ1) is 9.13. The highest BCUT2D eigenvalue weighted by atomic mass is 32.2. The Kier molecular flexibility index (Phi) is 4.76. The first-order valence-corrected chi connectivity index (χ1v) is 7.92. The minimum absolute atomic E-state index is 0.191. The van der Waals surface area contributed by atoms with Gasteiger partial charge in [-0.1, -0.05) is 18.7 Å². The number of rotatable bonds is 5. The summed E-state index contributed by atoms with van der Waals surface area (Å²) in [6, 6.07) is 0. The van der Waals surface area contributed by atoms with E-state index in [0.717, 1.165) is 21.7 Å². The molecule has 0 bridgehead atoms. The summed E-state index contributed by atoms with van der Waals surface area (Å²) < 4.78 is 5.06. The van der Waals surface area contributed by atoms with E-state index in [2.05, 4.69) is 23.8 Å². The first kappa shape index (κ1) is 14.3. The third-order valence-corrected chi connectivity index (χ3v) is 4.80. The molecule has 0 fully saturated rings. The molecule has 2 aromatic rings. The lowest BCUT2D eigenvalue weighted by Crippen LogP contribution is -2.08. The number of esters is 1. The van der Waals surface area contributed by atoms with E-state index in [1.165, 1.54) is 22.2 Å². The van der Waals surface area contributed by atoms with E-state index in [4.69, 9.17) is 4.74 Å². The van der Waals surface area contributed by atoms with Gasteiger partial charge in [-0.15, -0.1) is 11.3 Å². The maximum Gasteiger partial charge on any atom is 0.316 e. The molecule has 0 aliphatic heterocycles. The molecule has 0 aliphatic carbocycles. The number of thioether (sulfide) groups is 1. The molecule has 6 heteroatoms. The summed E-state index contributed by atoms with van der Waals surface area (Å²) in [6.07, 6.45) is 2.40. The minimum Gasteiger partial charge on any atom is -0.465 e. The lowest BCUT2D eigenvalue weighted by molar-refractivity contribution is -0.140.